The largest absolute Gasteiger partial charge is 0.463 e. The van der Waals surface area contributed by atoms with Crippen LogP contribution in [0.1, 0.15) is 98.2 Å². The van der Waals surface area contributed by atoms with Crippen LogP contribution in [0.25, 0.3) is 11.0 Å². The van der Waals surface area contributed by atoms with E-state index in [0.29, 0.717) is 35.5 Å². The first kappa shape index (κ1) is 27.8. The highest BCUT2D eigenvalue weighted by Crippen LogP contribution is 2.69. The summed E-state index contributed by atoms with van der Waals surface area (Å²) in [6.07, 6.45) is 11.0. The predicted octanol–water partition coefficient (Wildman–Crippen LogP) is 7.26. The van der Waals surface area contributed by atoms with E-state index in [9.17, 15) is 9.59 Å². The van der Waals surface area contributed by atoms with E-state index >= 15 is 0 Å². The molecule has 0 unspecified atom stereocenters. The molecule has 6 rings (SSSR count). The highest BCUT2D eigenvalue weighted by Gasteiger charge is 2.65. The molecule has 1 N–H and O–H groups in total. The Morgan fingerprint density at radius 3 is 2.52 bits per heavy atom. The summed E-state index contributed by atoms with van der Waals surface area (Å²) >= 11 is 0. The van der Waals surface area contributed by atoms with E-state index in [1.165, 1.54) is 32.6 Å². The number of H-pyrrole nitrogens is 1. The summed E-state index contributed by atoms with van der Waals surface area (Å²) in [5, 5.41) is 0. The number of rotatable bonds is 6. The van der Waals surface area contributed by atoms with Gasteiger partial charge in [0.25, 0.3) is 0 Å². The minimum absolute atomic E-state index is 0.0122. The van der Waals surface area contributed by atoms with Crippen LogP contribution in [0.2, 0.25) is 0 Å². The Bertz CT molecular complexity index is 1220. The Labute approximate surface area is 239 Å². The SMILES string of the molecule is CC(=O)O[C@@H]1CC[C@@]2(C)[C@H](CC[C@@H]3[C@H]2C[C@H](OC(C)=O)[C@@]2(C)[C@@H]3CC[C@H]2[C@H](C)CCc2nc3ccccc3[nH]2)C1. The van der Waals surface area contributed by atoms with Crippen molar-refractivity contribution in [3.8, 4) is 0 Å². The molecule has 4 fully saturated rings. The van der Waals surface area contributed by atoms with Gasteiger partial charge in [-0.3, -0.25) is 9.59 Å². The predicted molar refractivity (Wildman–Crippen MR) is 155 cm³/mol. The van der Waals surface area contributed by atoms with Crippen LogP contribution in [-0.4, -0.2) is 34.1 Å². The maximum absolute atomic E-state index is 12.5. The summed E-state index contributed by atoms with van der Waals surface area (Å²) in [6.45, 7) is 10.5. The van der Waals surface area contributed by atoms with Gasteiger partial charge in [0.2, 0.25) is 0 Å². The summed E-state index contributed by atoms with van der Waals surface area (Å²) in [6, 6.07) is 8.26. The number of hydrogen-bond donors (Lipinski definition) is 1. The summed E-state index contributed by atoms with van der Waals surface area (Å²) in [4.78, 5) is 32.5. The molecule has 0 amide bonds. The average Bonchev–Trinajstić information content (AvgIpc) is 3.49. The smallest absolute Gasteiger partial charge is 0.302 e. The van der Waals surface area contributed by atoms with Crippen molar-refractivity contribution < 1.29 is 19.1 Å². The third kappa shape index (κ3) is 4.67. The summed E-state index contributed by atoms with van der Waals surface area (Å²) < 4.78 is 12.0. The normalized spacial score (nSPS) is 39.6. The van der Waals surface area contributed by atoms with Crippen LogP contribution in [-0.2, 0) is 25.5 Å². The van der Waals surface area contributed by atoms with Crippen molar-refractivity contribution >= 4 is 23.0 Å². The molecular weight excluding hydrogens is 500 g/mol. The molecule has 0 aliphatic heterocycles. The first-order valence-corrected chi connectivity index (χ1v) is 15.9. The van der Waals surface area contributed by atoms with Crippen molar-refractivity contribution in [2.24, 2.45) is 46.3 Å². The van der Waals surface area contributed by atoms with Crippen LogP contribution in [0.4, 0.5) is 0 Å². The quantitative estimate of drug-likeness (QED) is 0.384. The summed E-state index contributed by atoms with van der Waals surface area (Å²) in [7, 11) is 0. The van der Waals surface area contributed by atoms with Crippen LogP contribution >= 0.6 is 0 Å². The number of hydrogen-bond acceptors (Lipinski definition) is 5. The highest BCUT2D eigenvalue weighted by molar-refractivity contribution is 5.74. The van der Waals surface area contributed by atoms with Gasteiger partial charge in [-0.05, 0) is 111 Å². The van der Waals surface area contributed by atoms with Gasteiger partial charge in [0.15, 0.2) is 0 Å². The second kappa shape index (κ2) is 10.5. The van der Waals surface area contributed by atoms with E-state index < -0.39 is 0 Å². The minimum Gasteiger partial charge on any atom is -0.463 e. The number of nitrogens with one attached hydrogen (secondary N) is 1. The van der Waals surface area contributed by atoms with E-state index in [2.05, 4.69) is 44.0 Å². The molecule has 0 saturated heterocycles. The topological polar surface area (TPSA) is 81.3 Å². The van der Waals surface area contributed by atoms with Gasteiger partial charge in [-0.15, -0.1) is 0 Å². The van der Waals surface area contributed by atoms with E-state index in [4.69, 9.17) is 14.5 Å². The molecule has 1 aromatic heterocycles. The van der Waals surface area contributed by atoms with Crippen molar-refractivity contribution in [1.29, 1.82) is 0 Å². The molecule has 40 heavy (non-hydrogen) atoms. The molecule has 4 aliphatic carbocycles. The number of ether oxygens (including phenoxy) is 2. The molecule has 4 aliphatic rings. The fourth-order valence-electron chi connectivity index (χ4n) is 10.5. The van der Waals surface area contributed by atoms with E-state index in [1.54, 1.807) is 6.92 Å². The van der Waals surface area contributed by atoms with Gasteiger partial charge < -0.3 is 14.5 Å². The number of carbonyl (C=O) groups is 2. The third-order valence-corrected chi connectivity index (χ3v) is 12.4. The van der Waals surface area contributed by atoms with E-state index in [0.717, 1.165) is 55.4 Å². The number of carbonyl (C=O) groups excluding carboxylic acids is 2. The number of nitrogens with zero attached hydrogens (tertiary/aromatic N) is 1. The lowest BCUT2D eigenvalue weighted by Gasteiger charge is -2.62. The van der Waals surface area contributed by atoms with Gasteiger partial charge in [-0.25, -0.2) is 4.98 Å². The third-order valence-electron chi connectivity index (χ3n) is 12.4. The fourth-order valence-corrected chi connectivity index (χ4v) is 10.5. The molecule has 1 heterocycles. The number of imidazole rings is 1. The monoisotopic (exact) mass is 548 g/mol. The molecular formula is C34H48N2O4. The van der Waals surface area contributed by atoms with E-state index in [1.807, 2.05) is 6.07 Å². The van der Waals surface area contributed by atoms with Gasteiger partial charge in [-0.2, -0.15) is 0 Å². The molecule has 0 radical (unpaired) electrons. The number of esters is 2. The maximum Gasteiger partial charge on any atom is 0.302 e. The zero-order valence-corrected chi connectivity index (χ0v) is 25.1. The lowest BCUT2D eigenvalue weighted by molar-refractivity contribution is -0.197. The molecule has 4 saturated carbocycles. The molecule has 10 atom stereocenters. The number of para-hydroxylation sites is 2. The Kier molecular flexibility index (Phi) is 7.28. The summed E-state index contributed by atoms with van der Waals surface area (Å²) in [5.41, 5.74) is 2.39. The van der Waals surface area contributed by atoms with Crippen molar-refractivity contribution in [3.63, 3.8) is 0 Å². The fraction of sp³-hybridized carbons (Fsp3) is 0.735. The number of aromatic nitrogens is 2. The molecule has 6 nitrogen and oxygen atoms in total. The zero-order chi connectivity index (χ0) is 28.2. The lowest BCUT2D eigenvalue weighted by atomic mass is 9.43. The molecule has 218 valence electrons. The lowest BCUT2D eigenvalue weighted by Crippen LogP contribution is -2.59. The second-order valence-electron chi connectivity index (χ2n) is 14.3. The van der Waals surface area contributed by atoms with Gasteiger partial charge >= 0.3 is 11.9 Å². The van der Waals surface area contributed by atoms with Crippen molar-refractivity contribution in [2.75, 3.05) is 0 Å². The number of benzene rings is 1. The first-order valence-electron chi connectivity index (χ1n) is 15.9. The van der Waals surface area contributed by atoms with Gasteiger partial charge in [-0.1, -0.05) is 32.9 Å². The van der Waals surface area contributed by atoms with Crippen LogP contribution in [0.3, 0.4) is 0 Å². The number of aromatic amines is 1. The maximum atomic E-state index is 12.5. The van der Waals surface area contributed by atoms with Gasteiger partial charge in [0.05, 0.1) is 11.0 Å². The molecule has 6 heteroatoms. The Morgan fingerprint density at radius 2 is 1.77 bits per heavy atom. The Morgan fingerprint density at radius 1 is 1.00 bits per heavy atom. The highest BCUT2D eigenvalue weighted by atomic mass is 16.5. The molecule has 2 aromatic rings. The minimum atomic E-state index is -0.155. The van der Waals surface area contributed by atoms with Gasteiger partial charge in [0, 0.05) is 25.7 Å². The molecule has 0 bridgehead atoms. The van der Waals surface area contributed by atoms with Gasteiger partial charge in [0.1, 0.15) is 18.0 Å². The van der Waals surface area contributed by atoms with Crippen LogP contribution in [0.15, 0.2) is 24.3 Å². The molecule has 0 spiro atoms. The van der Waals surface area contributed by atoms with Crippen molar-refractivity contribution in [3.05, 3.63) is 30.1 Å². The number of fused-ring (bicyclic) bond motifs is 6. The number of aryl methyl sites for hydroxylation is 1. The Balaban J connectivity index is 1.22. The Hall–Kier alpha value is -2.37. The zero-order valence-electron chi connectivity index (χ0n) is 25.1. The van der Waals surface area contributed by atoms with Crippen LogP contribution in [0.5, 0.6) is 0 Å². The standard InChI is InChI=1S/C34H48N2O4/c1-20(10-15-32-35-29-8-6-7-9-30(29)36-32)26-13-14-27-25-12-11-23-18-24(39-21(2)37)16-17-33(23,4)28(25)19-31(34(26,27)5)40-22(3)38/h6-9,20,23-28,31H,10-19H2,1-5H3,(H,35,36)/t20-,23-,24-,25+,26+,27-,28-,31+,33+,34-/m1/s1. The average molecular weight is 549 g/mol. The summed E-state index contributed by atoms with van der Waals surface area (Å²) in [5.74, 6) is 4.28. The second-order valence-corrected chi connectivity index (χ2v) is 14.3. The van der Waals surface area contributed by atoms with Crippen LogP contribution < -0.4 is 0 Å². The van der Waals surface area contributed by atoms with Crippen LogP contribution in [0, 0.1) is 46.3 Å². The van der Waals surface area contributed by atoms with E-state index in [-0.39, 0.29) is 35.0 Å². The van der Waals surface area contributed by atoms with Crippen molar-refractivity contribution in [2.45, 2.75) is 111 Å². The van der Waals surface area contributed by atoms with Crippen molar-refractivity contribution in [1.82, 2.24) is 9.97 Å². The molecule has 1 aromatic carbocycles. The first-order chi connectivity index (χ1) is 19.1.